The van der Waals surface area contributed by atoms with Crippen LogP contribution in [0.25, 0.3) is 11.2 Å². The van der Waals surface area contributed by atoms with Gasteiger partial charge in [0.05, 0.1) is 6.33 Å². The van der Waals surface area contributed by atoms with Crippen LogP contribution >= 0.6 is 0 Å². The normalized spacial score (nSPS) is 12.9. The van der Waals surface area contributed by atoms with Gasteiger partial charge >= 0.3 is 0 Å². The third-order valence-electron chi connectivity index (χ3n) is 3.26. The molecule has 0 amide bonds. The van der Waals surface area contributed by atoms with Gasteiger partial charge in [-0.05, 0) is 27.9 Å². The number of imidazole rings is 1. The second-order valence-corrected chi connectivity index (χ2v) is 5.12. The Morgan fingerprint density at radius 2 is 2.10 bits per heavy atom. The zero-order chi connectivity index (χ0) is 14.7. The first-order chi connectivity index (χ1) is 9.56. The zero-order valence-electron chi connectivity index (χ0n) is 12.8. The van der Waals surface area contributed by atoms with Crippen LogP contribution in [-0.2, 0) is 0 Å². The lowest BCUT2D eigenvalue weighted by Gasteiger charge is -2.31. The highest BCUT2D eigenvalue weighted by molar-refractivity contribution is 5.84. The molecule has 0 saturated heterocycles. The van der Waals surface area contributed by atoms with Crippen molar-refractivity contribution in [3.05, 3.63) is 6.33 Å². The van der Waals surface area contributed by atoms with Crippen molar-refractivity contribution in [2.45, 2.75) is 19.9 Å². The maximum atomic E-state index is 4.61. The van der Waals surface area contributed by atoms with Gasteiger partial charge in [0, 0.05) is 26.2 Å². The van der Waals surface area contributed by atoms with Crippen molar-refractivity contribution in [3.8, 4) is 0 Å². The molecule has 0 aliphatic carbocycles. The maximum Gasteiger partial charge on any atom is 0.226 e. The number of likely N-dealkylation sites (N-methyl/N-ethyl adjacent to an activating group) is 2. The van der Waals surface area contributed by atoms with E-state index < -0.39 is 0 Å². The summed E-state index contributed by atoms with van der Waals surface area (Å²) in [5.74, 6) is 1.49. The van der Waals surface area contributed by atoms with E-state index in [1.54, 1.807) is 6.33 Å². The molecule has 0 aliphatic heterocycles. The molecular weight excluding hydrogens is 254 g/mol. The fourth-order valence-electron chi connectivity index (χ4n) is 2.43. The fourth-order valence-corrected chi connectivity index (χ4v) is 2.43. The van der Waals surface area contributed by atoms with Gasteiger partial charge in [-0.3, -0.25) is 0 Å². The summed E-state index contributed by atoms with van der Waals surface area (Å²) in [5, 5.41) is 2.99. The molecule has 0 bridgehead atoms. The van der Waals surface area contributed by atoms with Gasteiger partial charge in [0.15, 0.2) is 11.5 Å². The first-order valence-electron chi connectivity index (χ1n) is 6.87. The van der Waals surface area contributed by atoms with Crippen LogP contribution in [-0.4, -0.2) is 65.1 Å². The Morgan fingerprint density at radius 1 is 1.35 bits per heavy atom. The summed E-state index contributed by atoms with van der Waals surface area (Å²) in [6.07, 6.45) is 1.66. The van der Waals surface area contributed by atoms with Crippen molar-refractivity contribution in [2.75, 3.05) is 44.4 Å². The molecule has 1 unspecified atom stereocenters. The smallest absolute Gasteiger partial charge is 0.226 e. The number of nitrogens with zero attached hydrogens (tertiary/aromatic N) is 5. The van der Waals surface area contributed by atoms with Gasteiger partial charge in [0.25, 0.3) is 0 Å². The first kappa shape index (κ1) is 14.5. The number of fused-ring (bicyclic) bond motifs is 1. The minimum absolute atomic E-state index is 0.348. The number of anilines is 2. The predicted octanol–water partition coefficient (Wildman–Crippen LogP) is 1.17. The molecule has 0 radical (unpaired) electrons. The SMILES string of the molecule is CCN(c1nc(NC)nc2nc[nH]c12)C(C)CN(C)C. The lowest BCUT2D eigenvalue weighted by molar-refractivity contribution is 0.372. The average Bonchev–Trinajstić information content (AvgIpc) is 2.86. The van der Waals surface area contributed by atoms with Crippen LogP contribution in [0.5, 0.6) is 0 Å². The van der Waals surface area contributed by atoms with Crippen LogP contribution in [0, 0.1) is 0 Å². The molecule has 0 saturated carbocycles. The molecule has 20 heavy (non-hydrogen) atoms. The number of aromatic amines is 1. The molecule has 0 fully saturated rings. The average molecular weight is 277 g/mol. The molecule has 2 rings (SSSR count). The van der Waals surface area contributed by atoms with Crippen molar-refractivity contribution >= 4 is 22.9 Å². The number of H-pyrrole nitrogens is 1. The molecule has 2 N–H and O–H groups in total. The molecular formula is C13H23N7. The molecule has 7 heteroatoms. The van der Waals surface area contributed by atoms with E-state index in [1.165, 1.54) is 0 Å². The summed E-state index contributed by atoms with van der Waals surface area (Å²) in [4.78, 5) is 20.8. The van der Waals surface area contributed by atoms with Crippen LogP contribution < -0.4 is 10.2 Å². The molecule has 110 valence electrons. The molecule has 7 nitrogen and oxygen atoms in total. The van der Waals surface area contributed by atoms with Gasteiger partial charge in [0.1, 0.15) is 5.52 Å². The second kappa shape index (κ2) is 6.04. The Bertz CT molecular complexity index is 563. The van der Waals surface area contributed by atoms with Gasteiger partial charge in [-0.1, -0.05) is 0 Å². The quantitative estimate of drug-likeness (QED) is 0.826. The second-order valence-electron chi connectivity index (χ2n) is 5.12. The van der Waals surface area contributed by atoms with Crippen molar-refractivity contribution in [1.82, 2.24) is 24.8 Å². The van der Waals surface area contributed by atoms with Crippen molar-refractivity contribution in [2.24, 2.45) is 0 Å². The lowest BCUT2D eigenvalue weighted by atomic mass is 10.2. The number of hydrogen-bond acceptors (Lipinski definition) is 6. The summed E-state index contributed by atoms with van der Waals surface area (Å²) in [6, 6.07) is 0.348. The van der Waals surface area contributed by atoms with E-state index in [-0.39, 0.29) is 0 Å². The standard InChI is InChI=1S/C13H23N7/c1-6-20(9(2)7-19(4)5)12-10-11(16-8-15-10)17-13(14-3)18-12/h8-9H,6-7H2,1-5H3,(H2,14,15,16,17,18). The van der Waals surface area contributed by atoms with E-state index >= 15 is 0 Å². The number of hydrogen-bond donors (Lipinski definition) is 2. The minimum Gasteiger partial charge on any atom is -0.357 e. The third kappa shape index (κ3) is 2.82. The van der Waals surface area contributed by atoms with E-state index in [9.17, 15) is 0 Å². The highest BCUT2D eigenvalue weighted by Gasteiger charge is 2.20. The topological polar surface area (TPSA) is 73.0 Å². The Hall–Kier alpha value is -1.89. The van der Waals surface area contributed by atoms with Gasteiger partial charge in [-0.25, -0.2) is 4.98 Å². The van der Waals surface area contributed by atoms with Gasteiger partial charge in [-0.15, -0.1) is 0 Å². The van der Waals surface area contributed by atoms with E-state index in [0.717, 1.165) is 24.4 Å². The molecule has 2 heterocycles. The van der Waals surface area contributed by atoms with Crippen molar-refractivity contribution < 1.29 is 0 Å². The van der Waals surface area contributed by atoms with Gasteiger partial charge in [-0.2, -0.15) is 9.97 Å². The Balaban J connectivity index is 2.44. The highest BCUT2D eigenvalue weighted by atomic mass is 15.3. The largest absolute Gasteiger partial charge is 0.357 e. The van der Waals surface area contributed by atoms with Crippen molar-refractivity contribution in [1.29, 1.82) is 0 Å². The van der Waals surface area contributed by atoms with Crippen LogP contribution in [0.4, 0.5) is 11.8 Å². The fraction of sp³-hybridized carbons (Fsp3) is 0.615. The summed E-state index contributed by atoms with van der Waals surface area (Å²) < 4.78 is 0. The Kier molecular flexibility index (Phi) is 4.39. The van der Waals surface area contributed by atoms with Gasteiger partial charge < -0.3 is 20.1 Å². The minimum atomic E-state index is 0.348. The molecule has 0 aromatic carbocycles. The van der Waals surface area contributed by atoms with E-state index in [0.29, 0.717) is 17.6 Å². The van der Waals surface area contributed by atoms with Gasteiger partial charge in [0.2, 0.25) is 5.95 Å². The van der Waals surface area contributed by atoms with Crippen molar-refractivity contribution in [3.63, 3.8) is 0 Å². The summed E-state index contributed by atoms with van der Waals surface area (Å²) in [5.41, 5.74) is 1.58. The van der Waals surface area contributed by atoms with E-state index in [4.69, 9.17) is 0 Å². The first-order valence-corrected chi connectivity index (χ1v) is 6.87. The molecule has 2 aromatic rings. The summed E-state index contributed by atoms with van der Waals surface area (Å²) >= 11 is 0. The van der Waals surface area contributed by atoms with E-state index in [1.807, 2.05) is 7.05 Å². The number of rotatable bonds is 6. The molecule has 0 spiro atoms. The molecule has 2 aromatic heterocycles. The number of nitrogens with one attached hydrogen (secondary N) is 2. The van der Waals surface area contributed by atoms with Crippen LogP contribution in [0.1, 0.15) is 13.8 Å². The van der Waals surface area contributed by atoms with Crippen LogP contribution in [0.15, 0.2) is 6.33 Å². The molecule has 0 aliphatic rings. The Morgan fingerprint density at radius 3 is 2.70 bits per heavy atom. The third-order valence-corrected chi connectivity index (χ3v) is 3.26. The summed E-state index contributed by atoms with van der Waals surface area (Å²) in [6.45, 7) is 6.17. The lowest BCUT2D eigenvalue weighted by Crippen LogP contribution is -2.40. The monoisotopic (exact) mass is 277 g/mol. The predicted molar refractivity (Wildman–Crippen MR) is 82.3 cm³/mol. The zero-order valence-corrected chi connectivity index (χ0v) is 12.8. The molecule has 1 atom stereocenters. The highest BCUT2D eigenvalue weighted by Crippen LogP contribution is 2.24. The van der Waals surface area contributed by atoms with Crippen LogP contribution in [0.3, 0.4) is 0 Å². The van der Waals surface area contributed by atoms with E-state index in [2.05, 4.69) is 63.0 Å². The number of aromatic nitrogens is 4. The summed E-state index contributed by atoms with van der Waals surface area (Å²) in [7, 11) is 5.97. The maximum absolute atomic E-state index is 4.61. The van der Waals surface area contributed by atoms with Crippen LogP contribution in [0.2, 0.25) is 0 Å². The Labute approximate surface area is 119 Å².